The number of benzene rings is 1. The molecule has 7 heteroatoms. The highest BCUT2D eigenvalue weighted by atomic mass is 16.5. The number of nitrogen functional groups attached to an aromatic ring is 1. The Kier molecular flexibility index (Phi) is 4.78. The molecule has 0 fully saturated rings. The molecule has 0 aliphatic heterocycles. The number of nitrogens with two attached hydrogens (primary N) is 1. The lowest BCUT2D eigenvalue weighted by Crippen LogP contribution is -2.14. The summed E-state index contributed by atoms with van der Waals surface area (Å²) < 4.78 is 11.7. The molecule has 3 N–H and O–H groups in total. The van der Waals surface area contributed by atoms with Crippen LogP contribution in [0.2, 0.25) is 0 Å². The summed E-state index contributed by atoms with van der Waals surface area (Å²) in [6.45, 7) is 1.17. The van der Waals surface area contributed by atoms with E-state index in [0.717, 1.165) is 0 Å². The van der Waals surface area contributed by atoms with E-state index in [4.69, 9.17) is 15.2 Å². The molecule has 2 aromatic rings. The number of nitrogens with zero attached hydrogens (tertiary/aromatic N) is 2. The number of rotatable bonds is 6. The zero-order valence-electron chi connectivity index (χ0n) is 12.0. The molecule has 112 valence electrons. The first-order valence-electron chi connectivity index (χ1n) is 6.40. The minimum absolute atomic E-state index is 0.308. The lowest BCUT2D eigenvalue weighted by atomic mass is 10.1. The number of aromatic nitrogens is 2. The molecule has 7 nitrogen and oxygen atoms in total. The molecular weight excluding hydrogens is 272 g/mol. The highest BCUT2D eigenvalue weighted by molar-refractivity contribution is 6.07. The summed E-state index contributed by atoms with van der Waals surface area (Å²) >= 11 is 0. The van der Waals surface area contributed by atoms with Gasteiger partial charge in [-0.05, 0) is 18.2 Å². The number of hydrogen-bond donors (Lipinski definition) is 2. The molecule has 0 spiro atoms. The zero-order chi connectivity index (χ0) is 15.2. The number of methoxy groups -OCH3 is 2. The molecule has 0 saturated heterocycles. The van der Waals surface area contributed by atoms with Crippen LogP contribution in [0.3, 0.4) is 0 Å². The van der Waals surface area contributed by atoms with E-state index in [0.29, 0.717) is 35.8 Å². The summed E-state index contributed by atoms with van der Waals surface area (Å²) in [7, 11) is 3.16. The summed E-state index contributed by atoms with van der Waals surface area (Å²) in [4.78, 5) is 12.2. The van der Waals surface area contributed by atoms with Gasteiger partial charge in [-0.3, -0.25) is 9.48 Å². The largest absolute Gasteiger partial charge is 0.497 e. The molecule has 0 aliphatic rings. The Balaban J connectivity index is 2.09. The molecule has 1 amide bonds. The molecule has 0 bridgehead atoms. The van der Waals surface area contributed by atoms with Gasteiger partial charge < -0.3 is 20.5 Å². The number of anilines is 2. The Bertz CT molecular complexity index is 624. The first-order chi connectivity index (χ1) is 10.1. The van der Waals surface area contributed by atoms with Gasteiger partial charge >= 0.3 is 0 Å². The molecule has 2 rings (SSSR count). The Hall–Kier alpha value is -2.54. The summed E-state index contributed by atoms with van der Waals surface area (Å²) in [5.41, 5.74) is 7.16. The van der Waals surface area contributed by atoms with Gasteiger partial charge in [0.05, 0.1) is 37.7 Å². The van der Waals surface area contributed by atoms with Gasteiger partial charge in [0.15, 0.2) is 0 Å². The predicted octanol–water partition coefficient (Wildman–Crippen LogP) is 1.37. The molecule has 1 aromatic carbocycles. The van der Waals surface area contributed by atoms with Crippen LogP contribution in [0.5, 0.6) is 5.75 Å². The molecule has 1 heterocycles. The Labute approximate surface area is 122 Å². The fourth-order valence-corrected chi connectivity index (χ4v) is 1.79. The SMILES string of the molecule is COCCn1cc(NC(=O)c2cc(OC)ccc2N)cn1. The molecule has 0 saturated carbocycles. The maximum Gasteiger partial charge on any atom is 0.257 e. The number of amides is 1. The van der Waals surface area contributed by atoms with E-state index in [1.807, 2.05) is 0 Å². The average molecular weight is 290 g/mol. The van der Waals surface area contributed by atoms with Gasteiger partial charge in [-0.15, -0.1) is 0 Å². The van der Waals surface area contributed by atoms with Crippen LogP contribution in [-0.2, 0) is 11.3 Å². The van der Waals surface area contributed by atoms with Crippen molar-refractivity contribution in [3.05, 3.63) is 36.2 Å². The Morgan fingerprint density at radius 3 is 2.95 bits per heavy atom. The number of hydrogen-bond acceptors (Lipinski definition) is 5. The highest BCUT2D eigenvalue weighted by Gasteiger charge is 2.12. The third-order valence-electron chi connectivity index (χ3n) is 2.92. The number of carbonyl (C=O) groups excluding carboxylic acids is 1. The van der Waals surface area contributed by atoms with Crippen LogP contribution in [0.4, 0.5) is 11.4 Å². The summed E-state index contributed by atoms with van der Waals surface area (Å²) in [6, 6.07) is 4.94. The summed E-state index contributed by atoms with van der Waals surface area (Å²) in [5.74, 6) is 0.267. The van der Waals surface area contributed by atoms with Crippen molar-refractivity contribution in [1.29, 1.82) is 0 Å². The van der Waals surface area contributed by atoms with Crippen LogP contribution in [0.1, 0.15) is 10.4 Å². The molecule has 0 atom stereocenters. The maximum atomic E-state index is 12.2. The van der Waals surface area contributed by atoms with Crippen LogP contribution < -0.4 is 15.8 Å². The van der Waals surface area contributed by atoms with Crippen molar-refractivity contribution in [3.63, 3.8) is 0 Å². The monoisotopic (exact) mass is 290 g/mol. The predicted molar refractivity (Wildman–Crippen MR) is 79.5 cm³/mol. The van der Waals surface area contributed by atoms with E-state index in [9.17, 15) is 4.79 Å². The average Bonchev–Trinajstić information content (AvgIpc) is 2.93. The molecule has 0 radical (unpaired) electrons. The summed E-state index contributed by atoms with van der Waals surface area (Å²) in [5, 5.41) is 6.87. The topological polar surface area (TPSA) is 91.4 Å². The third-order valence-corrected chi connectivity index (χ3v) is 2.92. The number of carbonyl (C=O) groups is 1. The first-order valence-corrected chi connectivity index (χ1v) is 6.40. The second-order valence-corrected chi connectivity index (χ2v) is 4.39. The van der Waals surface area contributed by atoms with Crippen LogP contribution in [0, 0.1) is 0 Å². The van der Waals surface area contributed by atoms with Gasteiger partial charge in [-0.25, -0.2) is 0 Å². The van der Waals surface area contributed by atoms with Crippen molar-refractivity contribution in [2.45, 2.75) is 6.54 Å². The first kappa shape index (κ1) is 14.9. The van der Waals surface area contributed by atoms with Crippen molar-refractivity contribution in [1.82, 2.24) is 9.78 Å². The second kappa shape index (κ2) is 6.76. The van der Waals surface area contributed by atoms with Crippen LogP contribution in [0.25, 0.3) is 0 Å². The van der Waals surface area contributed by atoms with E-state index >= 15 is 0 Å². The summed E-state index contributed by atoms with van der Waals surface area (Å²) in [6.07, 6.45) is 3.30. The molecule has 21 heavy (non-hydrogen) atoms. The zero-order valence-corrected chi connectivity index (χ0v) is 12.0. The highest BCUT2D eigenvalue weighted by Crippen LogP contribution is 2.20. The maximum absolute atomic E-state index is 12.2. The van der Waals surface area contributed by atoms with E-state index < -0.39 is 0 Å². The van der Waals surface area contributed by atoms with Gasteiger partial charge in [0.2, 0.25) is 0 Å². The van der Waals surface area contributed by atoms with Crippen LogP contribution in [-0.4, -0.2) is 36.5 Å². The van der Waals surface area contributed by atoms with E-state index in [1.165, 1.54) is 7.11 Å². The molecule has 0 aliphatic carbocycles. The molecule has 0 unspecified atom stereocenters. The van der Waals surface area contributed by atoms with Crippen molar-refractivity contribution < 1.29 is 14.3 Å². The number of ether oxygens (including phenoxy) is 2. The Morgan fingerprint density at radius 1 is 1.43 bits per heavy atom. The van der Waals surface area contributed by atoms with Crippen molar-refractivity contribution >= 4 is 17.3 Å². The van der Waals surface area contributed by atoms with Gasteiger partial charge in [-0.2, -0.15) is 5.10 Å². The standard InChI is InChI=1S/C14H18N4O3/c1-20-6-5-18-9-10(8-16-18)17-14(19)12-7-11(21-2)3-4-13(12)15/h3-4,7-9H,5-6,15H2,1-2H3,(H,17,19). The van der Waals surface area contributed by atoms with E-state index in [-0.39, 0.29) is 5.91 Å². The van der Waals surface area contributed by atoms with Gasteiger partial charge in [0.1, 0.15) is 5.75 Å². The number of nitrogens with one attached hydrogen (secondary N) is 1. The van der Waals surface area contributed by atoms with Crippen molar-refractivity contribution in [2.75, 3.05) is 31.9 Å². The third kappa shape index (κ3) is 3.73. The minimum atomic E-state index is -0.308. The normalized spacial score (nSPS) is 10.4. The van der Waals surface area contributed by atoms with Gasteiger partial charge in [0, 0.05) is 19.0 Å². The van der Waals surface area contributed by atoms with E-state index in [2.05, 4.69) is 10.4 Å². The van der Waals surface area contributed by atoms with Gasteiger partial charge in [0.25, 0.3) is 5.91 Å². The quantitative estimate of drug-likeness (QED) is 0.784. The van der Waals surface area contributed by atoms with Crippen molar-refractivity contribution in [3.8, 4) is 5.75 Å². The van der Waals surface area contributed by atoms with Crippen molar-refractivity contribution in [2.24, 2.45) is 0 Å². The fraction of sp³-hybridized carbons (Fsp3) is 0.286. The Morgan fingerprint density at radius 2 is 2.24 bits per heavy atom. The van der Waals surface area contributed by atoms with E-state index in [1.54, 1.807) is 42.4 Å². The smallest absolute Gasteiger partial charge is 0.257 e. The minimum Gasteiger partial charge on any atom is -0.497 e. The second-order valence-electron chi connectivity index (χ2n) is 4.39. The van der Waals surface area contributed by atoms with Crippen LogP contribution in [0.15, 0.2) is 30.6 Å². The molecule has 1 aromatic heterocycles. The lowest BCUT2D eigenvalue weighted by Gasteiger charge is -2.08. The lowest BCUT2D eigenvalue weighted by molar-refractivity contribution is 0.102. The van der Waals surface area contributed by atoms with Gasteiger partial charge in [-0.1, -0.05) is 0 Å². The van der Waals surface area contributed by atoms with Crippen LogP contribution >= 0.6 is 0 Å². The fourth-order valence-electron chi connectivity index (χ4n) is 1.79. The molecular formula is C14H18N4O3.